The fourth-order valence-corrected chi connectivity index (χ4v) is 5.44. The van der Waals surface area contributed by atoms with Crippen LogP contribution in [0.5, 0.6) is 5.75 Å². The van der Waals surface area contributed by atoms with Crippen molar-refractivity contribution < 1.29 is 17.9 Å². The van der Waals surface area contributed by atoms with E-state index in [0.29, 0.717) is 12.8 Å². The number of rotatable bonds is 7. The maximum absolute atomic E-state index is 13.0. The summed E-state index contributed by atoms with van der Waals surface area (Å²) in [4.78, 5) is 12.8. The zero-order valence-electron chi connectivity index (χ0n) is 18.6. The van der Waals surface area contributed by atoms with Crippen molar-refractivity contribution in [2.24, 2.45) is 5.92 Å². The van der Waals surface area contributed by atoms with Gasteiger partial charge in [-0.25, -0.2) is 8.42 Å². The van der Waals surface area contributed by atoms with E-state index in [1.54, 1.807) is 12.1 Å². The van der Waals surface area contributed by atoms with Gasteiger partial charge in [-0.3, -0.25) is 4.79 Å². The van der Waals surface area contributed by atoms with Gasteiger partial charge in [-0.15, -0.1) is 0 Å². The minimum atomic E-state index is -3.77. The summed E-state index contributed by atoms with van der Waals surface area (Å²) < 4.78 is 33.0. The quantitative estimate of drug-likeness (QED) is 0.687. The molecular formula is C24H29N3O4S. The summed E-state index contributed by atoms with van der Waals surface area (Å²) in [7, 11) is -3.77. The van der Waals surface area contributed by atoms with Gasteiger partial charge in [0.05, 0.1) is 22.6 Å². The second-order valence-corrected chi connectivity index (χ2v) is 10.2. The molecule has 2 aromatic rings. The Bertz CT molecular complexity index is 1100. The summed E-state index contributed by atoms with van der Waals surface area (Å²) in [5.74, 6) is 0.419. The molecule has 1 atom stereocenters. The van der Waals surface area contributed by atoms with E-state index in [0.717, 1.165) is 11.3 Å². The first-order valence-electron chi connectivity index (χ1n) is 10.8. The topological polar surface area (TPSA) is 99.5 Å². The minimum Gasteiger partial charge on any atom is -0.491 e. The van der Waals surface area contributed by atoms with Crippen molar-refractivity contribution in [3.05, 3.63) is 59.7 Å². The number of amides is 1. The molecule has 2 aromatic carbocycles. The van der Waals surface area contributed by atoms with Crippen LogP contribution < -0.4 is 10.1 Å². The number of nitriles is 1. The first kappa shape index (κ1) is 23.8. The van der Waals surface area contributed by atoms with Gasteiger partial charge in [0, 0.05) is 19.0 Å². The van der Waals surface area contributed by atoms with E-state index in [1.807, 2.05) is 51.1 Å². The monoisotopic (exact) mass is 455 g/mol. The van der Waals surface area contributed by atoms with Gasteiger partial charge in [-0.05, 0) is 63.4 Å². The Morgan fingerprint density at radius 1 is 1.12 bits per heavy atom. The number of piperidine rings is 1. The Hall–Kier alpha value is -2.89. The molecule has 1 fully saturated rings. The van der Waals surface area contributed by atoms with E-state index in [-0.39, 0.29) is 47.5 Å². The lowest BCUT2D eigenvalue weighted by Crippen LogP contribution is -2.43. The van der Waals surface area contributed by atoms with Crippen molar-refractivity contribution in [3.8, 4) is 11.8 Å². The molecule has 0 radical (unpaired) electrons. The summed E-state index contributed by atoms with van der Waals surface area (Å²) in [5, 5.41) is 12.3. The first-order valence-corrected chi connectivity index (χ1v) is 12.2. The molecule has 0 saturated carbocycles. The number of carbonyl (C=O) groups is 1. The zero-order valence-corrected chi connectivity index (χ0v) is 19.4. The smallest absolute Gasteiger partial charge is 0.244 e. The van der Waals surface area contributed by atoms with Crippen LogP contribution in [0.2, 0.25) is 0 Å². The lowest BCUT2D eigenvalue weighted by atomic mass is 9.96. The molecule has 0 aromatic heterocycles. The third kappa shape index (κ3) is 5.47. The van der Waals surface area contributed by atoms with Gasteiger partial charge in [0.25, 0.3) is 0 Å². The third-order valence-corrected chi connectivity index (χ3v) is 7.50. The molecule has 7 nitrogen and oxygen atoms in total. The molecule has 1 aliphatic heterocycles. The average Bonchev–Trinajstić information content (AvgIpc) is 2.78. The molecular weight excluding hydrogens is 426 g/mol. The molecule has 0 spiro atoms. The highest BCUT2D eigenvalue weighted by atomic mass is 32.2. The number of ether oxygens (including phenoxy) is 1. The molecule has 1 unspecified atom stereocenters. The van der Waals surface area contributed by atoms with E-state index in [9.17, 15) is 18.5 Å². The van der Waals surface area contributed by atoms with E-state index >= 15 is 0 Å². The summed E-state index contributed by atoms with van der Waals surface area (Å²) in [6.45, 7) is 6.33. The van der Waals surface area contributed by atoms with Gasteiger partial charge >= 0.3 is 0 Å². The molecule has 170 valence electrons. The average molecular weight is 456 g/mol. The molecule has 1 aliphatic rings. The predicted octanol–water partition coefficient (Wildman–Crippen LogP) is 3.62. The number of benzene rings is 2. The van der Waals surface area contributed by atoms with E-state index in [1.165, 1.54) is 16.4 Å². The normalized spacial score (nSPS) is 16.3. The van der Waals surface area contributed by atoms with Crippen LogP contribution in [0.3, 0.4) is 0 Å². The number of nitrogens with zero attached hydrogens (tertiary/aromatic N) is 2. The maximum atomic E-state index is 13.0. The van der Waals surface area contributed by atoms with Gasteiger partial charge in [-0.2, -0.15) is 9.57 Å². The Labute approximate surface area is 190 Å². The summed E-state index contributed by atoms with van der Waals surface area (Å²) >= 11 is 0. The molecule has 1 amide bonds. The van der Waals surface area contributed by atoms with Gasteiger partial charge in [0.15, 0.2) is 0 Å². The van der Waals surface area contributed by atoms with Crippen LogP contribution in [-0.2, 0) is 14.8 Å². The second kappa shape index (κ2) is 10.2. The van der Waals surface area contributed by atoms with Gasteiger partial charge < -0.3 is 10.1 Å². The minimum absolute atomic E-state index is 0.0162. The lowest BCUT2D eigenvalue weighted by Gasteiger charge is -2.31. The van der Waals surface area contributed by atoms with Crippen LogP contribution in [0.4, 0.5) is 0 Å². The highest BCUT2D eigenvalue weighted by molar-refractivity contribution is 7.89. The third-order valence-electron chi connectivity index (χ3n) is 5.54. The molecule has 3 rings (SSSR count). The Morgan fingerprint density at radius 3 is 2.47 bits per heavy atom. The van der Waals surface area contributed by atoms with Crippen molar-refractivity contribution in [1.82, 2.24) is 9.62 Å². The van der Waals surface area contributed by atoms with Crippen LogP contribution >= 0.6 is 0 Å². The van der Waals surface area contributed by atoms with Crippen LogP contribution in [-0.4, -0.2) is 37.8 Å². The van der Waals surface area contributed by atoms with Gasteiger partial charge in [0.1, 0.15) is 11.8 Å². The van der Waals surface area contributed by atoms with E-state index < -0.39 is 10.0 Å². The molecule has 0 aliphatic carbocycles. The Kier molecular flexibility index (Phi) is 7.54. The van der Waals surface area contributed by atoms with Crippen LogP contribution in [0.25, 0.3) is 0 Å². The molecule has 1 heterocycles. The standard InChI is InChI=1S/C24H29N3O4S/c1-17(2)31-22-9-6-8-20(15-22)18(3)26-24(28)19-11-13-27(14-12-19)32(29,30)23-10-5-4-7-21(23)16-25/h4-10,15,17-19H,11-14H2,1-3H3,(H,26,28). The molecule has 32 heavy (non-hydrogen) atoms. The Morgan fingerprint density at radius 2 is 1.81 bits per heavy atom. The van der Waals surface area contributed by atoms with Gasteiger partial charge in [0.2, 0.25) is 15.9 Å². The number of carbonyl (C=O) groups excluding carboxylic acids is 1. The number of hydrogen-bond acceptors (Lipinski definition) is 5. The fraction of sp³-hybridized carbons (Fsp3) is 0.417. The maximum Gasteiger partial charge on any atom is 0.244 e. The largest absolute Gasteiger partial charge is 0.491 e. The highest BCUT2D eigenvalue weighted by Gasteiger charge is 2.33. The molecule has 0 bridgehead atoms. The van der Waals surface area contributed by atoms with Crippen molar-refractivity contribution >= 4 is 15.9 Å². The first-order chi connectivity index (χ1) is 15.2. The lowest BCUT2D eigenvalue weighted by molar-refractivity contribution is -0.126. The highest BCUT2D eigenvalue weighted by Crippen LogP contribution is 2.27. The second-order valence-electron chi connectivity index (χ2n) is 8.26. The van der Waals surface area contributed by atoms with Crippen LogP contribution in [0.1, 0.15) is 50.8 Å². The summed E-state index contributed by atoms with van der Waals surface area (Å²) in [5.41, 5.74) is 1.08. The van der Waals surface area contributed by atoms with Crippen molar-refractivity contribution in [2.45, 2.75) is 50.7 Å². The van der Waals surface area contributed by atoms with Crippen LogP contribution in [0.15, 0.2) is 53.4 Å². The van der Waals surface area contributed by atoms with Crippen LogP contribution in [0, 0.1) is 17.2 Å². The molecule has 1 N–H and O–H groups in total. The zero-order chi connectivity index (χ0) is 23.3. The Balaban J connectivity index is 1.60. The van der Waals surface area contributed by atoms with Crippen molar-refractivity contribution in [2.75, 3.05) is 13.1 Å². The predicted molar refractivity (Wildman–Crippen MR) is 121 cm³/mol. The summed E-state index contributed by atoms with van der Waals surface area (Å²) in [6, 6.07) is 15.6. The number of hydrogen-bond donors (Lipinski definition) is 1. The van der Waals surface area contributed by atoms with Gasteiger partial charge in [-0.1, -0.05) is 24.3 Å². The fourth-order valence-electron chi connectivity index (χ4n) is 3.83. The van der Waals surface area contributed by atoms with E-state index in [2.05, 4.69) is 5.32 Å². The van der Waals surface area contributed by atoms with Crippen molar-refractivity contribution in [3.63, 3.8) is 0 Å². The van der Waals surface area contributed by atoms with E-state index in [4.69, 9.17) is 4.74 Å². The molecule has 1 saturated heterocycles. The molecule has 8 heteroatoms. The number of nitrogens with one attached hydrogen (secondary N) is 1. The van der Waals surface area contributed by atoms with Crippen molar-refractivity contribution in [1.29, 1.82) is 5.26 Å². The SMILES string of the molecule is CC(C)Oc1cccc(C(C)NC(=O)C2CCN(S(=O)(=O)c3ccccc3C#N)CC2)c1. The summed E-state index contributed by atoms with van der Waals surface area (Å²) in [6.07, 6.45) is 0.933. The number of sulfonamides is 1.